The Morgan fingerprint density at radius 1 is 0.556 bits per heavy atom. The van der Waals surface area contributed by atoms with Crippen molar-refractivity contribution in [1.29, 1.82) is 0 Å². The Bertz CT molecular complexity index is 157. The van der Waals surface area contributed by atoms with Gasteiger partial charge in [-0.2, -0.15) is 0 Å². The molecular formula is C15H30O3. The number of hydrogen-bond donors (Lipinski definition) is 3. The molecule has 0 radical (unpaired) electrons. The summed E-state index contributed by atoms with van der Waals surface area (Å²) in [5.41, 5.74) is 0. The summed E-state index contributed by atoms with van der Waals surface area (Å²) in [5.74, 6) is 2.25. The molecule has 0 aromatic rings. The summed E-state index contributed by atoms with van der Waals surface area (Å²) >= 11 is 0. The van der Waals surface area contributed by atoms with Crippen molar-refractivity contribution in [3.8, 4) is 0 Å². The zero-order chi connectivity index (χ0) is 13.2. The van der Waals surface area contributed by atoms with Crippen LogP contribution in [0.5, 0.6) is 0 Å². The number of hydrogen-bond acceptors (Lipinski definition) is 3. The van der Waals surface area contributed by atoms with E-state index in [2.05, 4.69) is 0 Å². The van der Waals surface area contributed by atoms with E-state index in [9.17, 15) is 0 Å². The fourth-order valence-electron chi connectivity index (χ4n) is 3.55. The minimum absolute atomic E-state index is 0.305. The molecule has 0 bridgehead atoms. The number of aliphatic hydroxyl groups excluding tert-OH is 3. The lowest BCUT2D eigenvalue weighted by Crippen LogP contribution is -2.23. The molecule has 0 aromatic carbocycles. The molecule has 1 aliphatic carbocycles. The van der Waals surface area contributed by atoms with Gasteiger partial charge < -0.3 is 15.3 Å². The molecule has 3 nitrogen and oxygen atoms in total. The molecule has 0 unspecified atom stereocenters. The second kappa shape index (κ2) is 9.76. The van der Waals surface area contributed by atoms with E-state index in [0.717, 1.165) is 56.3 Å². The summed E-state index contributed by atoms with van der Waals surface area (Å²) in [6, 6.07) is 0. The molecule has 3 N–H and O–H groups in total. The van der Waals surface area contributed by atoms with Gasteiger partial charge in [0.1, 0.15) is 0 Å². The Morgan fingerprint density at radius 2 is 0.833 bits per heavy atom. The van der Waals surface area contributed by atoms with Gasteiger partial charge >= 0.3 is 0 Å². The van der Waals surface area contributed by atoms with Gasteiger partial charge in [-0.3, -0.25) is 0 Å². The van der Waals surface area contributed by atoms with E-state index in [-0.39, 0.29) is 0 Å². The van der Waals surface area contributed by atoms with Crippen molar-refractivity contribution in [3.05, 3.63) is 0 Å². The van der Waals surface area contributed by atoms with E-state index in [1.807, 2.05) is 0 Å². The molecule has 0 atom stereocenters. The molecule has 1 rings (SSSR count). The lowest BCUT2D eigenvalue weighted by molar-refractivity contribution is 0.145. The van der Waals surface area contributed by atoms with Gasteiger partial charge in [0.25, 0.3) is 0 Å². The maximum absolute atomic E-state index is 8.95. The van der Waals surface area contributed by atoms with Crippen molar-refractivity contribution in [2.45, 2.75) is 57.8 Å². The molecule has 1 aliphatic rings. The fourth-order valence-corrected chi connectivity index (χ4v) is 3.55. The Morgan fingerprint density at radius 3 is 1.06 bits per heavy atom. The van der Waals surface area contributed by atoms with Gasteiger partial charge in [0.05, 0.1) is 0 Å². The highest BCUT2D eigenvalue weighted by atomic mass is 16.3. The van der Waals surface area contributed by atoms with E-state index >= 15 is 0 Å². The van der Waals surface area contributed by atoms with Crippen molar-refractivity contribution < 1.29 is 15.3 Å². The average Bonchev–Trinajstić information content (AvgIpc) is 2.40. The number of aliphatic hydroxyl groups is 3. The van der Waals surface area contributed by atoms with Gasteiger partial charge in [-0.15, -0.1) is 0 Å². The zero-order valence-electron chi connectivity index (χ0n) is 11.6. The standard InChI is InChI=1S/C15H30O3/c16-7-1-4-13-10-14(5-2-8-17)12-15(11-13)6-3-9-18/h13-18H,1-12H2. The summed E-state index contributed by atoms with van der Waals surface area (Å²) < 4.78 is 0. The Balaban J connectivity index is 2.38. The van der Waals surface area contributed by atoms with Gasteiger partial charge in [0.15, 0.2) is 0 Å². The fraction of sp³-hybridized carbons (Fsp3) is 1.00. The first-order valence-electron chi connectivity index (χ1n) is 7.62. The maximum atomic E-state index is 8.95. The first kappa shape index (κ1) is 15.9. The molecule has 0 heterocycles. The van der Waals surface area contributed by atoms with E-state index in [4.69, 9.17) is 15.3 Å². The first-order chi connectivity index (χ1) is 8.80. The predicted octanol–water partition coefficient (Wildman–Crippen LogP) is 2.34. The van der Waals surface area contributed by atoms with Crippen LogP contribution in [0.2, 0.25) is 0 Å². The topological polar surface area (TPSA) is 60.7 Å². The summed E-state index contributed by atoms with van der Waals surface area (Å²) in [5, 5.41) is 26.8. The number of rotatable bonds is 9. The maximum Gasteiger partial charge on any atom is 0.0431 e. The first-order valence-corrected chi connectivity index (χ1v) is 7.62. The van der Waals surface area contributed by atoms with Crippen LogP contribution >= 0.6 is 0 Å². The van der Waals surface area contributed by atoms with Crippen LogP contribution in [0.15, 0.2) is 0 Å². The molecule has 18 heavy (non-hydrogen) atoms. The lowest BCUT2D eigenvalue weighted by atomic mass is 9.71. The van der Waals surface area contributed by atoms with Gasteiger partial charge in [0.2, 0.25) is 0 Å². The van der Waals surface area contributed by atoms with Gasteiger partial charge in [-0.05, 0) is 75.5 Å². The van der Waals surface area contributed by atoms with Crippen molar-refractivity contribution in [3.63, 3.8) is 0 Å². The van der Waals surface area contributed by atoms with Crippen LogP contribution in [0, 0.1) is 17.8 Å². The van der Waals surface area contributed by atoms with Crippen LogP contribution in [0.4, 0.5) is 0 Å². The van der Waals surface area contributed by atoms with Gasteiger partial charge in [-0.1, -0.05) is 0 Å². The largest absolute Gasteiger partial charge is 0.396 e. The minimum Gasteiger partial charge on any atom is -0.396 e. The quantitative estimate of drug-likeness (QED) is 0.595. The normalized spacial score (nSPS) is 28.5. The second-order valence-corrected chi connectivity index (χ2v) is 5.90. The van der Waals surface area contributed by atoms with Gasteiger partial charge in [-0.25, -0.2) is 0 Å². The summed E-state index contributed by atoms with van der Waals surface area (Å²) in [6.07, 6.45) is 10.0. The molecule has 1 fully saturated rings. The minimum atomic E-state index is 0.305. The van der Waals surface area contributed by atoms with Gasteiger partial charge in [0, 0.05) is 19.8 Å². The molecule has 0 spiro atoms. The Labute approximate surface area is 111 Å². The Kier molecular flexibility index (Phi) is 8.64. The smallest absolute Gasteiger partial charge is 0.0431 e. The van der Waals surface area contributed by atoms with E-state index in [1.165, 1.54) is 19.3 Å². The monoisotopic (exact) mass is 258 g/mol. The Hall–Kier alpha value is -0.120. The third-order valence-corrected chi connectivity index (χ3v) is 4.31. The molecule has 0 aliphatic heterocycles. The molecular weight excluding hydrogens is 228 g/mol. The van der Waals surface area contributed by atoms with Crippen LogP contribution in [0.3, 0.4) is 0 Å². The van der Waals surface area contributed by atoms with Crippen LogP contribution in [0.1, 0.15) is 57.8 Å². The third-order valence-electron chi connectivity index (χ3n) is 4.31. The molecule has 3 heteroatoms. The molecule has 1 saturated carbocycles. The van der Waals surface area contributed by atoms with E-state index in [1.54, 1.807) is 0 Å². The molecule has 0 amide bonds. The summed E-state index contributed by atoms with van der Waals surface area (Å²) in [4.78, 5) is 0. The van der Waals surface area contributed by atoms with Crippen LogP contribution in [-0.2, 0) is 0 Å². The SMILES string of the molecule is OCCCC1CC(CCCO)CC(CCCO)C1. The highest BCUT2D eigenvalue weighted by molar-refractivity contribution is 4.79. The molecule has 108 valence electrons. The summed E-state index contributed by atoms with van der Waals surface area (Å²) in [6.45, 7) is 0.914. The van der Waals surface area contributed by atoms with E-state index in [0.29, 0.717) is 19.8 Å². The highest BCUT2D eigenvalue weighted by Crippen LogP contribution is 2.39. The van der Waals surface area contributed by atoms with Crippen molar-refractivity contribution in [2.75, 3.05) is 19.8 Å². The van der Waals surface area contributed by atoms with E-state index < -0.39 is 0 Å². The average molecular weight is 258 g/mol. The highest BCUT2D eigenvalue weighted by Gasteiger charge is 2.27. The third kappa shape index (κ3) is 6.17. The van der Waals surface area contributed by atoms with Crippen molar-refractivity contribution >= 4 is 0 Å². The molecule has 0 aromatic heterocycles. The van der Waals surface area contributed by atoms with Crippen molar-refractivity contribution in [2.24, 2.45) is 17.8 Å². The van der Waals surface area contributed by atoms with Crippen LogP contribution in [0.25, 0.3) is 0 Å². The second-order valence-electron chi connectivity index (χ2n) is 5.90. The predicted molar refractivity (Wildman–Crippen MR) is 73.3 cm³/mol. The van der Waals surface area contributed by atoms with Crippen molar-refractivity contribution in [1.82, 2.24) is 0 Å². The van der Waals surface area contributed by atoms with Crippen LogP contribution < -0.4 is 0 Å². The summed E-state index contributed by atoms with van der Waals surface area (Å²) in [7, 11) is 0. The zero-order valence-corrected chi connectivity index (χ0v) is 11.6. The molecule has 0 saturated heterocycles. The van der Waals surface area contributed by atoms with Crippen LogP contribution in [-0.4, -0.2) is 35.1 Å². The lowest BCUT2D eigenvalue weighted by Gasteiger charge is -2.35.